The summed E-state index contributed by atoms with van der Waals surface area (Å²) in [4.78, 5) is 8.60. The van der Waals surface area contributed by atoms with Crippen LogP contribution in [-0.2, 0) is 0 Å². The molecule has 0 atom stereocenters. The second-order valence-electron chi connectivity index (χ2n) is 4.99. The van der Waals surface area contributed by atoms with Gasteiger partial charge in [-0.15, -0.1) is 0 Å². The Morgan fingerprint density at radius 3 is 2.64 bits per heavy atom. The second-order valence-corrected chi connectivity index (χ2v) is 4.99. The van der Waals surface area contributed by atoms with Crippen LogP contribution in [0.1, 0.15) is 16.7 Å². The normalized spacial score (nSPS) is 10.6. The van der Waals surface area contributed by atoms with E-state index in [-0.39, 0.29) is 0 Å². The fourth-order valence-corrected chi connectivity index (χ4v) is 2.74. The Morgan fingerprint density at radius 1 is 1.23 bits per heavy atom. The van der Waals surface area contributed by atoms with Gasteiger partial charge in [-0.2, -0.15) is 5.26 Å². The lowest BCUT2D eigenvalue weighted by Gasteiger charge is -2.16. The lowest BCUT2D eigenvalue weighted by molar-refractivity contribution is 0.411. The van der Waals surface area contributed by atoms with Crippen LogP contribution in [0.3, 0.4) is 0 Å². The molecule has 0 saturated carbocycles. The first kappa shape index (κ1) is 13.9. The largest absolute Gasteiger partial charge is 0.496 e. The van der Waals surface area contributed by atoms with Gasteiger partial charge in [0.1, 0.15) is 28.7 Å². The van der Waals surface area contributed by atoms with Crippen LogP contribution in [-0.4, -0.2) is 21.6 Å². The van der Waals surface area contributed by atoms with Gasteiger partial charge < -0.3 is 10.5 Å². The van der Waals surface area contributed by atoms with Crippen LogP contribution < -0.4 is 10.5 Å². The summed E-state index contributed by atoms with van der Waals surface area (Å²) in [6, 6.07) is 5.98. The zero-order valence-electron chi connectivity index (χ0n) is 12.6. The minimum absolute atomic E-state index is 0.336. The van der Waals surface area contributed by atoms with Crippen LogP contribution in [0, 0.1) is 25.2 Å². The Kier molecular flexibility index (Phi) is 3.18. The van der Waals surface area contributed by atoms with Gasteiger partial charge in [-0.05, 0) is 25.5 Å². The molecule has 0 bridgehead atoms. The van der Waals surface area contributed by atoms with Gasteiger partial charge in [-0.1, -0.05) is 6.07 Å². The predicted octanol–water partition coefficient (Wildman–Crippen LogP) is 2.50. The summed E-state index contributed by atoms with van der Waals surface area (Å²) >= 11 is 0. The molecule has 2 heterocycles. The van der Waals surface area contributed by atoms with Crippen molar-refractivity contribution in [3.8, 4) is 17.5 Å². The molecular formula is C16H15N5O. The van der Waals surface area contributed by atoms with Gasteiger partial charge >= 0.3 is 0 Å². The first-order valence-corrected chi connectivity index (χ1v) is 6.75. The Morgan fingerprint density at radius 2 is 1.95 bits per heavy atom. The number of aromatic nitrogens is 3. The number of methoxy groups -OCH3 is 1. The fourth-order valence-electron chi connectivity index (χ4n) is 2.74. The molecule has 0 saturated heterocycles. The van der Waals surface area contributed by atoms with Gasteiger partial charge in [0.15, 0.2) is 5.65 Å². The molecule has 0 amide bonds. The highest BCUT2D eigenvalue weighted by atomic mass is 16.5. The second kappa shape index (κ2) is 5.04. The van der Waals surface area contributed by atoms with Crippen LogP contribution in [0.5, 0.6) is 5.75 Å². The smallest absolute Gasteiger partial charge is 0.166 e. The summed E-state index contributed by atoms with van der Waals surface area (Å²) < 4.78 is 7.16. The van der Waals surface area contributed by atoms with Gasteiger partial charge in [0.25, 0.3) is 0 Å². The fraction of sp³-hybridized carbons (Fsp3) is 0.188. The lowest BCUT2D eigenvalue weighted by Crippen LogP contribution is -2.06. The third-order valence-electron chi connectivity index (χ3n) is 3.76. The summed E-state index contributed by atoms with van der Waals surface area (Å²) in [7, 11) is 1.62. The number of ether oxygens (including phenoxy) is 1. The highest BCUT2D eigenvalue weighted by molar-refractivity contribution is 5.88. The van der Waals surface area contributed by atoms with Crippen molar-refractivity contribution in [3.63, 3.8) is 0 Å². The molecule has 0 aliphatic heterocycles. The van der Waals surface area contributed by atoms with E-state index in [0.717, 1.165) is 22.6 Å². The molecule has 22 heavy (non-hydrogen) atoms. The number of rotatable bonds is 2. The summed E-state index contributed by atoms with van der Waals surface area (Å²) in [6.45, 7) is 3.93. The molecule has 2 N–H and O–H groups in total. The van der Waals surface area contributed by atoms with Gasteiger partial charge in [0, 0.05) is 18.0 Å². The minimum atomic E-state index is 0.336. The van der Waals surface area contributed by atoms with E-state index in [9.17, 15) is 5.26 Å². The molecule has 6 nitrogen and oxygen atoms in total. The number of anilines is 1. The molecule has 0 unspecified atom stereocenters. The molecule has 2 aromatic heterocycles. The van der Waals surface area contributed by atoms with E-state index in [2.05, 4.69) is 16.0 Å². The maximum atomic E-state index is 9.38. The van der Waals surface area contributed by atoms with Gasteiger partial charge in [-0.3, -0.25) is 4.57 Å². The molecule has 1 aromatic carbocycles. The van der Waals surface area contributed by atoms with Crippen LogP contribution in [0.4, 0.5) is 5.82 Å². The maximum Gasteiger partial charge on any atom is 0.166 e. The molecule has 0 aliphatic carbocycles. The number of nitrogen functional groups attached to an aromatic ring is 1. The molecule has 0 spiro atoms. The van der Waals surface area contributed by atoms with E-state index < -0.39 is 0 Å². The van der Waals surface area contributed by atoms with Crippen LogP contribution in [0.15, 0.2) is 24.5 Å². The summed E-state index contributed by atoms with van der Waals surface area (Å²) in [5.74, 6) is 1.09. The van der Waals surface area contributed by atoms with Crippen LogP contribution in [0.2, 0.25) is 0 Å². The Balaban J connectivity index is 2.47. The SMILES string of the molecule is COc1ccc(C)c(-n2c(N)c(C#N)c3nccnc32)c1C. The van der Waals surface area contributed by atoms with Gasteiger partial charge in [-0.25, -0.2) is 9.97 Å². The van der Waals surface area contributed by atoms with Crippen molar-refractivity contribution in [2.24, 2.45) is 0 Å². The van der Waals surface area contributed by atoms with E-state index in [1.165, 1.54) is 0 Å². The zero-order valence-corrected chi connectivity index (χ0v) is 12.6. The monoisotopic (exact) mass is 293 g/mol. The Hall–Kier alpha value is -3.07. The quantitative estimate of drug-likeness (QED) is 0.784. The number of hydrogen-bond donors (Lipinski definition) is 1. The highest BCUT2D eigenvalue weighted by Gasteiger charge is 2.21. The average molecular weight is 293 g/mol. The van der Waals surface area contributed by atoms with Crippen LogP contribution >= 0.6 is 0 Å². The topological polar surface area (TPSA) is 89.8 Å². The standard InChI is InChI=1S/C16H15N5O/c1-9-4-5-12(22-3)10(2)14(9)21-15(18)11(8-17)13-16(21)20-7-6-19-13/h4-7H,18H2,1-3H3. The van der Waals surface area contributed by atoms with Crippen molar-refractivity contribution in [2.75, 3.05) is 12.8 Å². The molecular weight excluding hydrogens is 278 g/mol. The lowest BCUT2D eigenvalue weighted by atomic mass is 10.1. The first-order valence-electron chi connectivity index (χ1n) is 6.75. The van der Waals surface area contributed by atoms with E-state index in [0.29, 0.717) is 22.5 Å². The number of nitrogens with two attached hydrogens (primary N) is 1. The van der Waals surface area contributed by atoms with Crippen LogP contribution in [0.25, 0.3) is 16.9 Å². The first-order chi connectivity index (χ1) is 10.6. The number of hydrogen-bond acceptors (Lipinski definition) is 5. The number of aryl methyl sites for hydroxylation is 1. The van der Waals surface area contributed by atoms with Gasteiger partial charge in [0.2, 0.25) is 0 Å². The van der Waals surface area contributed by atoms with Crippen molar-refractivity contribution in [1.82, 2.24) is 14.5 Å². The van der Waals surface area contributed by atoms with Crippen molar-refractivity contribution in [3.05, 3.63) is 41.2 Å². The molecule has 0 radical (unpaired) electrons. The average Bonchev–Trinajstić information content (AvgIpc) is 2.80. The number of fused-ring (bicyclic) bond motifs is 1. The summed E-state index contributed by atoms with van der Waals surface area (Å²) in [5.41, 5.74) is 10.4. The summed E-state index contributed by atoms with van der Waals surface area (Å²) in [5, 5.41) is 9.38. The summed E-state index contributed by atoms with van der Waals surface area (Å²) in [6.07, 6.45) is 3.14. The zero-order chi connectivity index (χ0) is 15.9. The van der Waals surface area contributed by atoms with Crippen molar-refractivity contribution in [2.45, 2.75) is 13.8 Å². The maximum absolute atomic E-state index is 9.38. The number of nitrogens with zero attached hydrogens (tertiary/aromatic N) is 4. The number of benzene rings is 1. The van der Waals surface area contributed by atoms with E-state index in [4.69, 9.17) is 10.5 Å². The Labute approximate surface area is 127 Å². The Bertz CT molecular complexity index is 920. The molecule has 6 heteroatoms. The van der Waals surface area contributed by atoms with E-state index >= 15 is 0 Å². The van der Waals surface area contributed by atoms with E-state index in [1.54, 1.807) is 24.1 Å². The molecule has 3 aromatic rings. The molecule has 0 aliphatic rings. The van der Waals surface area contributed by atoms with Crippen molar-refractivity contribution in [1.29, 1.82) is 5.26 Å². The van der Waals surface area contributed by atoms with Crippen molar-refractivity contribution >= 4 is 17.0 Å². The minimum Gasteiger partial charge on any atom is -0.496 e. The highest BCUT2D eigenvalue weighted by Crippen LogP contribution is 2.34. The predicted molar refractivity (Wildman–Crippen MR) is 84.0 cm³/mol. The molecule has 110 valence electrons. The van der Waals surface area contributed by atoms with Gasteiger partial charge in [0.05, 0.1) is 12.8 Å². The number of nitriles is 1. The molecule has 3 rings (SSSR count). The van der Waals surface area contributed by atoms with Crippen molar-refractivity contribution < 1.29 is 4.74 Å². The third kappa shape index (κ3) is 1.79. The third-order valence-corrected chi connectivity index (χ3v) is 3.76. The van der Waals surface area contributed by atoms with E-state index in [1.807, 2.05) is 26.0 Å². The molecule has 0 fully saturated rings.